The number of likely N-dealkylation sites (N-methyl/N-ethyl adjacent to an activating group) is 1. The smallest absolute Gasteiger partial charge is 0.401 e. The summed E-state index contributed by atoms with van der Waals surface area (Å²) in [6.45, 7) is 1.03. The average molecular weight is 304 g/mol. The third-order valence-corrected chi connectivity index (χ3v) is 2.74. The van der Waals surface area contributed by atoms with Crippen LogP contribution in [0.3, 0.4) is 0 Å². The first-order chi connectivity index (χ1) is 9.78. The van der Waals surface area contributed by atoms with E-state index in [2.05, 4.69) is 5.32 Å². The van der Waals surface area contributed by atoms with Gasteiger partial charge in [-0.3, -0.25) is 4.79 Å². The number of benzene rings is 1. The van der Waals surface area contributed by atoms with E-state index < -0.39 is 18.6 Å². The molecule has 0 aliphatic heterocycles. The lowest BCUT2D eigenvalue weighted by Crippen LogP contribution is -2.40. The van der Waals surface area contributed by atoms with Gasteiger partial charge in [0.25, 0.3) is 0 Å². The van der Waals surface area contributed by atoms with Crippen LogP contribution in [0.25, 0.3) is 0 Å². The van der Waals surface area contributed by atoms with E-state index in [-0.39, 0.29) is 13.2 Å². The van der Waals surface area contributed by atoms with E-state index in [1.807, 2.05) is 31.2 Å². The zero-order valence-electron chi connectivity index (χ0n) is 12.0. The van der Waals surface area contributed by atoms with Crippen molar-refractivity contribution < 1.29 is 22.7 Å². The molecular weight excluding hydrogens is 285 g/mol. The largest absolute Gasteiger partial charge is 0.492 e. The number of carbonyl (C=O) groups excluding carboxylic acids is 1. The Labute approximate surface area is 121 Å². The molecule has 1 aromatic carbocycles. The minimum atomic E-state index is -4.31. The van der Waals surface area contributed by atoms with Gasteiger partial charge in [0.05, 0.1) is 19.6 Å². The average Bonchev–Trinajstić information content (AvgIpc) is 2.39. The lowest BCUT2D eigenvalue weighted by atomic mass is 10.2. The molecule has 0 spiro atoms. The van der Waals surface area contributed by atoms with Crippen molar-refractivity contribution in [2.75, 3.05) is 33.3 Å². The summed E-state index contributed by atoms with van der Waals surface area (Å²) in [6.07, 6.45) is -4.31. The standard InChI is InChI=1S/C14H19F3N2O2/c1-11-3-5-12(6-4-11)21-8-7-19(2)13(20)9-18-10-14(15,16)17/h3-6,18H,7-10H2,1-2H3. The predicted molar refractivity (Wildman–Crippen MR) is 73.2 cm³/mol. The molecule has 1 rings (SSSR count). The Kier molecular flexibility index (Phi) is 6.48. The lowest BCUT2D eigenvalue weighted by molar-refractivity contribution is -0.133. The second kappa shape index (κ2) is 7.87. The molecule has 1 aromatic rings. The molecule has 1 amide bonds. The Morgan fingerprint density at radius 1 is 1.29 bits per heavy atom. The molecule has 0 unspecified atom stereocenters. The van der Waals surface area contributed by atoms with E-state index in [0.29, 0.717) is 12.3 Å². The molecule has 0 saturated heterocycles. The van der Waals surface area contributed by atoms with E-state index in [9.17, 15) is 18.0 Å². The van der Waals surface area contributed by atoms with Crippen LogP contribution < -0.4 is 10.1 Å². The number of alkyl halides is 3. The Balaban J connectivity index is 2.22. The van der Waals surface area contributed by atoms with Gasteiger partial charge in [-0.05, 0) is 19.1 Å². The van der Waals surface area contributed by atoms with Crippen molar-refractivity contribution in [2.24, 2.45) is 0 Å². The van der Waals surface area contributed by atoms with Crippen molar-refractivity contribution in [2.45, 2.75) is 13.1 Å². The fourth-order valence-electron chi connectivity index (χ4n) is 1.51. The summed E-state index contributed by atoms with van der Waals surface area (Å²) in [5, 5.41) is 2.06. The summed E-state index contributed by atoms with van der Waals surface area (Å²) in [6, 6.07) is 7.46. The number of aryl methyl sites for hydroxylation is 1. The highest BCUT2D eigenvalue weighted by Crippen LogP contribution is 2.12. The maximum atomic E-state index is 11.9. The van der Waals surface area contributed by atoms with Crippen molar-refractivity contribution in [3.05, 3.63) is 29.8 Å². The first kappa shape index (κ1) is 17.3. The van der Waals surface area contributed by atoms with Crippen LogP contribution in [0.5, 0.6) is 5.75 Å². The van der Waals surface area contributed by atoms with Crippen molar-refractivity contribution >= 4 is 5.91 Å². The van der Waals surface area contributed by atoms with E-state index in [0.717, 1.165) is 5.56 Å². The van der Waals surface area contributed by atoms with Crippen LogP contribution in [0, 0.1) is 6.92 Å². The number of amides is 1. The molecule has 0 radical (unpaired) electrons. The predicted octanol–water partition coefficient (Wildman–Crippen LogP) is 1.98. The van der Waals surface area contributed by atoms with Crippen LogP contribution in [-0.4, -0.2) is 50.3 Å². The van der Waals surface area contributed by atoms with Crippen molar-refractivity contribution in [3.63, 3.8) is 0 Å². The normalized spacial score (nSPS) is 11.3. The summed E-state index contributed by atoms with van der Waals surface area (Å²) >= 11 is 0. The lowest BCUT2D eigenvalue weighted by Gasteiger charge is -2.18. The maximum absolute atomic E-state index is 11.9. The molecule has 0 saturated carbocycles. The van der Waals surface area contributed by atoms with Crippen LogP contribution in [0.1, 0.15) is 5.56 Å². The van der Waals surface area contributed by atoms with E-state index in [1.54, 1.807) is 0 Å². The van der Waals surface area contributed by atoms with Crippen molar-refractivity contribution in [1.82, 2.24) is 10.2 Å². The van der Waals surface area contributed by atoms with Crippen LogP contribution in [0.15, 0.2) is 24.3 Å². The summed E-state index contributed by atoms with van der Waals surface area (Å²) in [5.41, 5.74) is 1.12. The Morgan fingerprint density at radius 2 is 1.90 bits per heavy atom. The minimum absolute atomic E-state index is 0.282. The second-order valence-corrected chi connectivity index (χ2v) is 4.70. The third kappa shape index (κ3) is 7.55. The summed E-state index contributed by atoms with van der Waals surface area (Å²) < 4.78 is 41.2. The first-order valence-corrected chi connectivity index (χ1v) is 6.49. The maximum Gasteiger partial charge on any atom is 0.401 e. The summed E-state index contributed by atoms with van der Waals surface area (Å²) in [7, 11) is 1.52. The van der Waals surface area contributed by atoms with Gasteiger partial charge in [-0.2, -0.15) is 13.2 Å². The van der Waals surface area contributed by atoms with Gasteiger partial charge in [0, 0.05) is 7.05 Å². The zero-order chi connectivity index (χ0) is 15.9. The molecule has 0 heterocycles. The Morgan fingerprint density at radius 3 is 2.48 bits per heavy atom. The number of hydrogen-bond acceptors (Lipinski definition) is 3. The fourth-order valence-corrected chi connectivity index (χ4v) is 1.51. The molecular formula is C14H19F3N2O2. The minimum Gasteiger partial charge on any atom is -0.492 e. The van der Waals surface area contributed by atoms with E-state index >= 15 is 0 Å². The van der Waals surface area contributed by atoms with Gasteiger partial charge in [-0.25, -0.2) is 0 Å². The molecule has 0 fully saturated rings. The molecule has 4 nitrogen and oxygen atoms in total. The van der Waals surface area contributed by atoms with Crippen LogP contribution >= 0.6 is 0 Å². The number of halogens is 3. The quantitative estimate of drug-likeness (QED) is 0.837. The second-order valence-electron chi connectivity index (χ2n) is 4.70. The molecule has 0 aromatic heterocycles. The highest BCUT2D eigenvalue weighted by molar-refractivity contribution is 5.77. The van der Waals surface area contributed by atoms with Gasteiger partial charge in [0.2, 0.25) is 5.91 Å². The molecule has 0 aliphatic carbocycles. The molecule has 21 heavy (non-hydrogen) atoms. The Hall–Kier alpha value is -1.76. The third-order valence-electron chi connectivity index (χ3n) is 2.74. The summed E-state index contributed by atoms with van der Waals surface area (Å²) in [4.78, 5) is 12.9. The molecule has 0 bridgehead atoms. The number of nitrogens with one attached hydrogen (secondary N) is 1. The molecule has 7 heteroatoms. The van der Waals surface area contributed by atoms with Gasteiger partial charge in [0.15, 0.2) is 0 Å². The highest BCUT2D eigenvalue weighted by atomic mass is 19.4. The highest BCUT2D eigenvalue weighted by Gasteiger charge is 2.26. The topological polar surface area (TPSA) is 41.6 Å². The number of hydrogen-bond donors (Lipinski definition) is 1. The zero-order valence-corrected chi connectivity index (χ0v) is 12.0. The van der Waals surface area contributed by atoms with Crippen LogP contribution in [-0.2, 0) is 4.79 Å². The van der Waals surface area contributed by atoms with Gasteiger partial charge in [-0.15, -0.1) is 0 Å². The van der Waals surface area contributed by atoms with E-state index in [4.69, 9.17) is 4.74 Å². The van der Waals surface area contributed by atoms with Gasteiger partial charge in [-0.1, -0.05) is 17.7 Å². The molecule has 1 N–H and O–H groups in total. The van der Waals surface area contributed by atoms with E-state index in [1.165, 1.54) is 11.9 Å². The first-order valence-electron chi connectivity index (χ1n) is 6.49. The number of ether oxygens (including phenoxy) is 1. The van der Waals surface area contributed by atoms with Gasteiger partial charge in [0.1, 0.15) is 12.4 Å². The van der Waals surface area contributed by atoms with Crippen LogP contribution in [0.4, 0.5) is 13.2 Å². The van der Waals surface area contributed by atoms with Crippen molar-refractivity contribution in [1.29, 1.82) is 0 Å². The van der Waals surface area contributed by atoms with Gasteiger partial charge < -0.3 is 15.0 Å². The molecule has 118 valence electrons. The fraction of sp³-hybridized carbons (Fsp3) is 0.500. The molecule has 0 aliphatic rings. The van der Waals surface area contributed by atoms with Crippen LogP contribution in [0.2, 0.25) is 0 Å². The molecule has 0 atom stereocenters. The van der Waals surface area contributed by atoms with Gasteiger partial charge >= 0.3 is 6.18 Å². The summed E-state index contributed by atoms with van der Waals surface area (Å²) in [5.74, 6) is 0.281. The number of carbonyl (C=O) groups is 1. The van der Waals surface area contributed by atoms with Crippen molar-refractivity contribution in [3.8, 4) is 5.75 Å². The SMILES string of the molecule is Cc1ccc(OCCN(C)C(=O)CNCC(F)(F)F)cc1. The Bertz CT molecular complexity index is 447. The number of nitrogens with zero attached hydrogens (tertiary/aromatic N) is 1. The number of rotatable bonds is 7. The monoisotopic (exact) mass is 304 g/mol.